The molecule has 0 aliphatic rings. The van der Waals surface area contributed by atoms with Crippen molar-refractivity contribution in [3.8, 4) is 0 Å². The maximum atomic E-state index is 13.0. The Morgan fingerprint density at radius 3 is 1.86 bits per heavy atom. The summed E-state index contributed by atoms with van der Waals surface area (Å²) in [5.74, 6) is -5.52. The second kappa shape index (κ2) is 17.0. The minimum absolute atomic E-state index is 0.0114. The molecular weight excluding hydrogens is 480 g/mol. The molecule has 0 spiro atoms. The van der Waals surface area contributed by atoms with Crippen LogP contribution in [0.1, 0.15) is 45.4 Å². The topological polar surface area (TPSA) is 299 Å². The van der Waals surface area contributed by atoms with Crippen LogP contribution in [0.5, 0.6) is 0 Å². The molecule has 0 aromatic rings. The van der Waals surface area contributed by atoms with E-state index in [9.17, 15) is 34.2 Å². The first-order chi connectivity index (χ1) is 16.8. The highest BCUT2D eigenvalue weighted by Crippen LogP contribution is 2.06. The van der Waals surface area contributed by atoms with E-state index in [0.29, 0.717) is 19.4 Å². The van der Waals surface area contributed by atoms with Gasteiger partial charge in [-0.3, -0.25) is 24.2 Å². The first-order valence-corrected chi connectivity index (χ1v) is 11.3. The summed E-state index contributed by atoms with van der Waals surface area (Å²) in [6.07, 6.45) is -0.815. The van der Waals surface area contributed by atoms with E-state index < -0.39 is 66.4 Å². The number of nitrogens with one attached hydrogen (secondary N) is 3. The normalized spacial score (nSPS) is 14.9. The highest BCUT2D eigenvalue weighted by Gasteiger charge is 2.31. The van der Waals surface area contributed by atoms with E-state index in [1.807, 2.05) is 0 Å². The number of aliphatic hydroxyl groups is 1. The van der Waals surface area contributed by atoms with Crippen molar-refractivity contribution in [2.24, 2.45) is 27.9 Å². The van der Waals surface area contributed by atoms with Crippen LogP contribution in [0, 0.1) is 0 Å². The largest absolute Gasteiger partial charge is 0.481 e. The zero-order valence-corrected chi connectivity index (χ0v) is 20.2. The SMILES string of the molecule is CC(O)C(NC(=O)C(CCCN=C(N)N)NC(=O)C(CCCCN)NC(=O)C(N)CC(=O)O)C(=O)O. The number of hydrogen-bond acceptors (Lipinski definition) is 9. The van der Waals surface area contributed by atoms with Crippen molar-refractivity contribution in [2.75, 3.05) is 13.1 Å². The standard InChI is InChI=1S/C20H38N8O8/c1-10(29)15(19(35)36)28-18(34)13(6-4-8-25-20(23)24)27-17(33)12(5-2-3-7-21)26-16(32)11(22)9-14(30)31/h10-13,15,29H,2-9,21-22H2,1H3,(H,26,32)(H,27,33)(H,28,34)(H,30,31)(H,35,36)(H4,23,24,25). The Morgan fingerprint density at radius 2 is 1.39 bits per heavy atom. The zero-order chi connectivity index (χ0) is 27.8. The quantitative estimate of drug-likeness (QED) is 0.0470. The molecule has 0 heterocycles. The molecule has 0 aliphatic carbocycles. The molecule has 16 heteroatoms. The van der Waals surface area contributed by atoms with E-state index in [1.165, 1.54) is 6.92 Å². The van der Waals surface area contributed by atoms with Gasteiger partial charge >= 0.3 is 11.9 Å². The average molecular weight is 519 g/mol. The number of guanidine groups is 1. The number of amides is 3. The second-order valence-corrected chi connectivity index (χ2v) is 8.13. The number of aliphatic carboxylic acids is 2. The van der Waals surface area contributed by atoms with Gasteiger partial charge in [0.2, 0.25) is 17.7 Å². The summed E-state index contributed by atoms with van der Waals surface area (Å²) in [6.45, 7) is 1.61. The lowest BCUT2D eigenvalue weighted by atomic mass is 10.0. The van der Waals surface area contributed by atoms with Crippen molar-refractivity contribution in [1.82, 2.24) is 16.0 Å². The molecule has 0 aliphatic heterocycles. The lowest BCUT2D eigenvalue weighted by molar-refractivity contribution is -0.145. The summed E-state index contributed by atoms with van der Waals surface area (Å²) in [7, 11) is 0. The van der Waals surface area contributed by atoms with Crippen LogP contribution in [0.4, 0.5) is 0 Å². The molecular formula is C20H38N8O8. The van der Waals surface area contributed by atoms with E-state index >= 15 is 0 Å². The van der Waals surface area contributed by atoms with Crippen LogP contribution >= 0.6 is 0 Å². The molecule has 14 N–H and O–H groups in total. The number of unbranched alkanes of at least 4 members (excludes halogenated alkanes) is 1. The Morgan fingerprint density at radius 1 is 0.861 bits per heavy atom. The van der Waals surface area contributed by atoms with Crippen LogP contribution in [0.15, 0.2) is 4.99 Å². The Bertz CT molecular complexity index is 788. The lowest BCUT2D eigenvalue weighted by Gasteiger charge is -2.25. The van der Waals surface area contributed by atoms with Gasteiger partial charge in [-0.1, -0.05) is 0 Å². The lowest BCUT2D eigenvalue weighted by Crippen LogP contribution is -2.58. The summed E-state index contributed by atoms with van der Waals surface area (Å²) < 4.78 is 0. The smallest absolute Gasteiger partial charge is 0.328 e. The van der Waals surface area contributed by atoms with Crippen molar-refractivity contribution in [2.45, 2.75) is 75.7 Å². The summed E-state index contributed by atoms with van der Waals surface area (Å²) in [6, 6.07) is -5.49. The number of aliphatic imine (C=N–C) groups is 1. The number of nitrogens with two attached hydrogens (primary N) is 4. The van der Waals surface area contributed by atoms with E-state index in [0.717, 1.165) is 0 Å². The molecule has 0 fully saturated rings. The molecule has 0 aromatic carbocycles. The molecule has 0 radical (unpaired) electrons. The number of rotatable bonds is 18. The third kappa shape index (κ3) is 13.4. The number of hydrogen-bond donors (Lipinski definition) is 10. The minimum Gasteiger partial charge on any atom is -0.481 e. The molecule has 5 unspecified atom stereocenters. The predicted octanol–water partition coefficient (Wildman–Crippen LogP) is -4.11. The number of nitrogens with zero attached hydrogens (tertiary/aromatic N) is 1. The first-order valence-electron chi connectivity index (χ1n) is 11.3. The second-order valence-electron chi connectivity index (χ2n) is 8.13. The van der Waals surface area contributed by atoms with Gasteiger partial charge in [0.25, 0.3) is 0 Å². The molecule has 16 nitrogen and oxygen atoms in total. The van der Waals surface area contributed by atoms with Crippen molar-refractivity contribution in [1.29, 1.82) is 0 Å². The van der Waals surface area contributed by atoms with Gasteiger partial charge in [-0.05, 0) is 45.6 Å². The first kappa shape index (κ1) is 32.5. The maximum absolute atomic E-state index is 13.0. The fraction of sp³-hybridized carbons (Fsp3) is 0.700. The molecule has 0 saturated heterocycles. The molecule has 0 aromatic heterocycles. The van der Waals surface area contributed by atoms with E-state index in [-0.39, 0.29) is 31.8 Å². The van der Waals surface area contributed by atoms with Gasteiger partial charge in [0.1, 0.15) is 12.1 Å². The molecule has 206 valence electrons. The molecule has 0 saturated carbocycles. The molecule has 0 rings (SSSR count). The van der Waals surface area contributed by atoms with Gasteiger partial charge in [0, 0.05) is 6.54 Å². The van der Waals surface area contributed by atoms with Crippen LogP contribution in [-0.4, -0.2) is 94.3 Å². The number of aliphatic hydroxyl groups excluding tert-OH is 1. The van der Waals surface area contributed by atoms with Gasteiger partial charge in [-0.2, -0.15) is 0 Å². The Hall–Kier alpha value is -3.50. The summed E-state index contributed by atoms with van der Waals surface area (Å²) in [4.78, 5) is 64.1. The van der Waals surface area contributed by atoms with E-state index in [2.05, 4.69) is 20.9 Å². The number of carboxylic acid groups (broad SMARTS) is 2. The summed E-state index contributed by atoms with van der Waals surface area (Å²) >= 11 is 0. The van der Waals surface area contributed by atoms with Gasteiger partial charge in [0.05, 0.1) is 18.6 Å². The fourth-order valence-electron chi connectivity index (χ4n) is 3.01. The fourth-order valence-corrected chi connectivity index (χ4v) is 3.01. The highest BCUT2D eigenvalue weighted by molar-refractivity contribution is 5.94. The van der Waals surface area contributed by atoms with Crippen LogP contribution in [-0.2, 0) is 24.0 Å². The van der Waals surface area contributed by atoms with Crippen molar-refractivity contribution in [3.05, 3.63) is 0 Å². The van der Waals surface area contributed by atoms with Crippen molar-refractivity contribution in [3.63, 3.8) is 0 Å². The van der Waals surface area contributed by atoms with Crippen molar-refractivity contribution >= 4 is 35.6 Å². The Kier molecular flexibility index (Phi) is 15.4. The zero-order valence-electron chi connectivity index (χ0n) is 20.2. The monoisotopic (exact) mass is 518 g/mol. The van der Waals surface area contributed by atoms with Gasteiger partial charge in [0.15, 0.2) is 12.0 Å². The van der Waals surface area contributed by atoms with Crippen LogP contribution in [0.2, 0.25) is 0 Å². The third-order valence-electron chi connectivity index (χ3n) is 4.94. The number of carbonyl (C=O) groups excluding carboxylic acids is 3. The summed E-state index contributed by atoms with van der Waals surface area (Å²) in [5, 5.41) is 34.7. The van der Waals surface area contributed by atoms with E-state index in [4.69, 9.17) is 28.0 Å². The average Bonchev–Trinajstić information content (AvgIpc) is 2.77. The van der Waals surface area contributed by atoms with Gasteiger partial charge in [-0.15, -0.1) is 0 Å². The van der Waals surface area contributed by atoms with Gasteiger partial charge < -0.3 is 54.2 Å². The third-order valence-corrected chi connectivity index (χ3v) is 4.94. The Balaban J connectivity index is 5.64. The molecule has 5 atom stereocenters. The number of carbonyl (C=O) groups is 5. The minimum atomic E-state index is -1.64. The highest BCUT2D eigenvalue weighted by atomic mass is 16.4. The predicted molar refractivity (Wildman–Crippen MR) is 128 cm³/mol. The Labute approximate surface area is 208 Å². The van der Waals surface area contributed by atoms with Crippen LogP contribution in [0.25, 0.3) is 0 Å². The van der Waals surface area contributed by atoms with E-state index in [1.54, 1.807) is 0 Å². The maximum Gasteiger partial charge on any atom is 0.328 e. The molecule has 3 amide bonds. The molecule has 0 bridgehead atoms. The van der Waals surface area contributed by atoms with Gasteiger partial charge in [-0.25, -0.2) is 4.79 Å². The summed E-state index contributed by atoms with van der Waals surface area (Å²) in [5.41, 5.74) is 21.6. The van der Waals surface area contributed by atoms with Crippen molar-refractivity contribution < 1.29 is 39.3 Å². The van der Waals surface area contributed by atoms with Crippen LogP contribution < -0.4 is 38.9 Å². The number of carboxylic acids is 2. The van der Waals surface area contributed by atoms with Crippen LogP contribution in [0.3, 0.4) is 0 Å². The molecule has 36 heavy (non-hydrogen) atoms.